The first-order chi connectivity index (χ1) is 8.19. The minimum absolute atomic E-state index is 0.249. The third-order valence-electron chi connectivity index (χ3n) is 2.46. The van der Waals surface area contributed by atoms with E-state index in [0.717, 1.165) is 11.3 Å². The van der Waals surface area contributed by atoms with E-state index in [4.69, 9.17) is 10.5 Å². The lowest BCUT2D eigenvalue weighted by Crippen LogP contribution is -2.00. The van der Waals surface area contributed by atoms with Crippen LogP contribution >= 0.6 is 0 Å². The fraction of sp³-hybridized carbons (Fsp3) is 0.143. The smallest absolute Gasteiger partial charge is 0.132 e. The Bertz CT molecular complexity index is 525. The number of nitrogens with two attached hydrogens (primary N) is 1. The fourth-order valence-electron chi connectivity index (χ4n) is 1.61. The quantitative estimate of drug-likeness (QED) is 0.878. The van der Waals surface area contributed by atoms with Gasteiger partial charge < -0.3 is 10.5 Å². The van der Waals surface area contributed by atoms with Gasteiger partial charge in [0.2, 0.25) is 0 Å². The zero-order valence-electron chi connectivity index (χ0n) is 9.61. The van der Waals surface area contributed by atoms with Crippen molar-refractivity contribution in [2.45, 2.75) is 13.5 Å². The Morgan fingerprint density at radius 2 is 2.00 bits per heavy atom. The first-order valence-electron chi connectivity index (χ1n) is 5.42. The zero-order valence-corrected chi connectivity index (χ0v) is 9.61. The second kappa shape index (κ2) is 4.97. The monoisotopic (exact) mass is 231 g/mol. The lowest BCUT2D eigenvalue weighted by molar-refractivity contribution is 0.473. The first kappa shape index (κ1) is 11.6. The number of benzene rings is 2. The van der Waals surface area contributed by atoms with Crippen LogP contribution in [0.2, 0.25) is 0 Å². The minimum Gasteiger partial charge on any atom is -0.457 e. The Morgan fingerprint density at radius 3 is 2.71 bits per heavy atom. The highest BCUT2D eigenvalue weighted by atomic mass is 19.1. The van der Waals surface area contributed by atoms with Crippen LogP contribution < -0.4 is 10.5 Å². The predicted octanol–water partition coefficient (Wildman–Crippen LogP) is 3.39. The van der Waals surface area contributed by atoms with Crippen molar-refractivity contribution in [3.8, 4) is 11.5 Å². The second-order valence-corrected chi connectivity index (χ2v) is 3.87. The molecule has 0 spiro atoms. The summed E-state index contributed by atoms with van der Waals surface area (Å²) in [5, 5.41) is 0. The molecule has 0 aliphatic heterocycles. The molecule has 0 saturated heterocycles. The molecule has 17 heavy (non-hydrogen) atoms. The van der Waals surface area contributed by atoms with E-state index in [1.807, 2.05) is 31.2 Å². The van der Waals surface area contributed by atoms with Crippen molar-refractivity contribution in [1.29, 1.82) is 0 Å². The molecule has 0 radical (unpaired) electrons. The summed E-state index contributed by atoms with van der Waals surface area (Å²) in [5.41, 5.74) is 7.33. The highest BCUT2D eigenvalue weighted by Crippen LogP contribution is 2.26. The molecule has 2 aromatic rings. The van der Waals surface area contributed by atoms with Crippen LogP contribution in [-0.4, -0.2) is 0 Å². The molecule has 0 aliphatic rings. The number of hydrogen-bond donors (Lipinski definition) is 1. The van der Waals surface area contributed by atoms with Crippen molar-refractivity contribution in [3.05, 3.63) is 59.4 Å². The fourth-order valence-corrected chi connectivity index (χ4v) is 1.61. The lowest BCUT2D eigenvalue weighted by atomic mass is 10.2. The number of rotatable bonds is 3. The lowest BCUT2D eigenvalue weighted by Gasteiger charge is -2.10. The van der Waals surface area contributed by atoms with E-state index in [1.54, 1.807) is 6.07 Å². The van der Waals surface area contributed by atoms with E-state index in [-0.39, 0.29) is 12.4 Å². The normalized spacial score (nSPS) is 10.3. The molecule has 0 amide bonds. The minimum atomic E-state index is -0.304. The highest BCUT2D eigenvalue weighted by molar-refractivity contribution is 5.39. The van der Waals surface area contributed by atoms with E-state index in [0.29, 0.717) is 11.3 Å². The predicted molar refractivity (Wildman–Crippen MR) is 65.5 cm³/mol. The number of halogens is 1. The topological polar surface area (TPSA) is 35.2 Å². The standard InChI is InChI=1S/C14H14FNO/c1-10-3-2-4-13(7-10)17-14-6-5-12(15)8-11(14)9-16/h2-8H,9,16H2,1H3. The van der Waals surface area contributed by atoms with Gasteiger partial charge in [0.1, 0.15) is 17.3 Å². The van der Waals surface area contributed by atoms with Crippen LogP contribution in [0.3, 0.4) is 0 Å². The van der Waals surface area contributed by atoms with Crippen molar-refractivity contribution >= 4 is 0 Å². The summed E-state index contributed by atoms with van der Waals surface area (Å²) in [6.07, 6.45) is 0. The van der Waals surface area contributed by atoms with Crippen LogP contribution in [-0.2, 0) is 6.54 Å². The molecular formula is C14H14FNO. The SMILES string of the molecule is Cc1cccc(Oc2ccc(F)cc2CN)c1. The van der Waals surface area contributed by atoms with Crippen LogP contribution in [0.15, 0.2) is 42.5 Å². The Balaban J connectivity index is 2.29. The van der Waals surface area contributed by atoms with Crippen molar-refractivity contribution in [3.63, 3.8) is 0 Å². The van der Waals surface area contributed by atoms with Gasteiger partial charge in [-0.2, -0.15) is 0 Å². The van der Waals surface area contributed by atoms with Crippen molar-refractivity contribution < 1.29 is 9.13 Å². The molecule has 0 atom stereocenters. The van der Waals surface area contributed by atoms with Crippen LogP contribution in [0.5, 0.6) is 11.5 Å². The molecule has 2 aromatic carbocycles. The van der Waals surface area contributed by atoms with E-state index in [9.17, 15) is 4.39 Å². The number of ether oxygens (including phenoxy) is 1. The summed E-state index contributed by atoms with van der Waals surface area (Å²) in [6, 6.07) is 12.0. The molecule has 2 nitrogen and oxygen atoms in total. The Labute approximate surface area is 99.8 Å². The van der Waals surface area contributed by atoms with E-state index < -0.39 is 0 Å². The molecular weight excluding hydrogens is 217 g/mol. The van der Waals surface area contributed by atoms with Crippen molar-refractivity contribution in [1.82, 2.24) is 0 Å². The summed E-state index contributed by atoms with van der Waals surface area (Å²) in [6.45, 7) is 2.24. The largest absolute Gasteiger partial charge is 0.457 e. The summed E-state index contributed by atoms with van der Waals surface area (Å²) < 4.78 is 18.7. The Hall–Kier alpha value is -1.87. The Kier molecular flexibility index (Phi) is 3.40. The van der Waals surface area contributed by atoms with Gasteiger partial charge in [0.05, 0.1) is 0 Å². The molecule has 2 rings (SSSR count). The molecule has 0 aromatic heterocycles. The van der Waals surface area contributed by atoms with E-state index in [2.05, 4.69) is 0 Å². The molecule has 0 aliphatic carbocycles. The van der Waals surface area contributed by atoms with Gasteiger partial charge in [-0.25, -0.2) is 4.39 Å². The maximum Gasteiger partial charge on any atom is 0.132 e. The number of aryl methyl sites for hydroxylation is 1. The van der Waals surface area contributed by atoms with Gasteiger partial charge in [0.15, 0.2) is 0 Å². The molecule has 0 bridgehead atoms. The second-order valence-electron chi connectivity index (χ2n) is 3.87. The zero-order chi connectivity index (χ0) is 12.3. The van der Waals surface area contributed by atoms with Crippen LogP contribution in [0.4, 0.5) is 4.39 Å². The van der Waals surface area contributed by atoms with Crippen LogP contribution in [0, 0.1) is 12.7 Å². The average molecular weight is 231 g/mol. The van der Waals surface area contributed by atoms with Gasteiger partial charge in [-0.05, 0) is 42.8 Å². The van der Waals surface area contributed by atoms with Gasteiger partial charge in [0, 0.05) is 12.1 Å². The first-order valence-corrected chi connectivity index (χ1v) is 5.42. The van der Waals surface area contributed by atoms with Gasteiger partial charge in [-0.1, -0.05) is 12.1 Å². The summed E-state index contributed by atoms with van der Waals surface area (Å²) in [5.74, 6) is 1.02. The van der Waals surface area contributed by atoms with Crippen molar-refractivity contribution in [2.75, 3.05) is 0 Å². The van der Waals surface area contributed by atoms with Gasteiger partial charge in [-0.15, -0.1) is 0 Å². The molecule has 0 unspecified atom stereocenters. The molecule has 0 fully saturated rings. The highest BCUT2D eigenvalue weighted by Gasteiger charge is 2.05. The number of hydrogen-bond acceptors (Lipinski definition) is 2. The van der Waals surface area contributed by atoms with Gasteiger partial charge >= 0.3 is 0 Å². The third kappa shape index (κ3) is 2.82. The third-order valence-corrected chi connectivity index (χ3v) is 2.46. The Morgan fingerprint density at radius 1 is 1.18 bits per heavy atom. The van der Waals surface area contributed by atoms with Crippen LogP contribution in [0.25, 0.3) is 0 Å². The maximum absolute atomic E-state index is 13.0. The van der Waals surface area contributed by atoms with Crippen molar-refractivity contribution in [2.24, 2.45) is 5.73 Å². The van der Waals surface area contributed by atoms with Crippen LogP contribution in [0.1, 0.15) is 11.1 Å². The molecule has 0 heterocycles. The summed E-state index contributed by atoms with van der Waals surface area (Å²) >= 11 is 0. The molecule has 3 heteroatoms. The van der Waals surface area contributed by atoms with E-state index in [1.165, 1.54) is 12.1 Å². The van der Waals surface area contributed by atoms with Gasteiger partial charge in [-0.3, -0.25) is 0 Å². The summed E-state index contributed by atoms with van der Waals surface area (Å²) in [7, 11) is 0. The van der Waals surface area contributed by atoms with E-state index >= 15 is 0 Å². The average Bonchev–Trinajstić information content (AvgIpc) is 2.31. The van der Waals surface area contributed by atoms with Gasteiger partial charge in [0.25, 0.3) is 0 Å². The molecule has 0 saturated carbocycles. The molecule has 2 N–H and O–H groups in total. The molecule has 88 valence electrons. The maximum atomic E-state index is 13.0. The summed E-state index contributed by atoms with van der Waals surface area (Å²) in [4.78, 5) is 0.